The predicted octanol–water partition coefficient (Wildman–Crippen LogP) is 9.42. The van der Waals surface area contributed by atoms with Gasteiger partial charge in [0, 0.05) is 47.2 Å². The Kier molecular flexibility index (Phi) is 5.07. The molecule has 0 bridgehead atoms. The van der Waals surface area contributed by atoms with E-state index in [2.05, 4.69) is 100 Å². The lowest BCUT2D eigenvalue weighted by Gasteiger charge is -2.20. The van der Waals surface area contributed by atoms with Crippen LogP contribution >= 0.6 is 0 Å². The molecule has 0 radical (unpaired) electrons. The molecule has 0 amide bonds. The monoisotopic (exact) mass is 558 g/mol. The molecule has 0 N–H and O–H groups in total. The van der Waals surface area contributed by atoms with Gasteiger partial charge in [-0.05, 0) is 66.7 Å². The Balaban J connectivity index is 1.20. The van der Waals surface area contributed by atoms with E-state index in [0.717, 1.165) is 73.4 Å². The molecule has 0 fully saturated rings. The largest absolute Gasteiger partial charge is 0.457 e. The molecule has 1 aliphatic heterocycles. The van der Waals surface area contributed by atoms with E-state index in [0.29, 0.717) is 0 Å². The maximum absolute atomic E-state index is 6.54. The summed E-state index contributed by atoms with van der Waals surface area (Å²) in [6.45, 7) is 0.788. The van der Waals surface area contributed by atoms with E-state index in [1.807, 2.05) is 48.7 Å². The highest BCUT2D eigenvalue weighted by molar-refractivity contribution is 6.24. The van der Waals surface area contributed by atoms with Gasteiger partial charge in [-0.3, -0.25) is 4.57 Å². The maximum atomic E-state index is 6.54. The zero-order valence-electron chi connectivity index (χ0n) is 23.4. The molecule has 0 spiro atoms. The van der Waals surface area contributed by atoms with Gasteiger partial charge in [-0.2, -0.15) is 0 Å². The fourth-order valence-corrected chi connectivity index (χ4v) is 6.53. The summed E-state index contributed by atoms with van der Waals surface area (Å²) in [5, 5.41) is 4.45. The van der Waals surface area contributed by atoms with Crippen LogP contribution in [0.4, 0.5) is 17.1 Å². The third-order valence-corrected chi connectivity index (χ3v) is 8.42. The van der Waals surface area contributed by atoms with Crippen LogP contribution in [-0.4, -0.2) is 23.3 Å². The normalized spacial score (nSPS) is 13.0. The number of rotatable bonds is 4. The van der Waals surface area contributed by atoms with Gasteiger partial charge in [-0.1, -0.05) is 42.5 Å². The lowest BCUT2D eigenvalue weighted by molar-refractivity contribution is 0.483. The zero-order valence-corrected chi connectivity index (χ0v) is 23.4. The summed E-state index contributed by atoms with van der Waals surface area (Å²) in [5.41, 5.74) is 7.34. The van der Waals surface area contributed by atoms with E-state index < -0.39 is 0 Å². The molecule has 6 nitrogen and oxygen atoms in total. The standard InChI is InChI=1S/C37H26N4O2/c1-39-23-40(31-13-4-3-12-30(31)39)24-9-8-10-25(21-24)42-26-16-17-27-28-18-19-34-36(29-11-2-5-14-33(29)43-34)37(28)41(32(27)22-26)35-15-6-7-20-38-35/h2-22H,23H2,1H3. The van der Waals surface area contributed by atoms with Crippen LogP contribution in [0.2, 0.25) is 0 Å². The summed E-state index contributed by atoms with van der Waals surface area (Å²) in [7, 11) is 2.12. The van der Waals surface area contributed by atoms with Crippen molar-refractivity contribution in [3.05, 3.63) is 128 Å². The SMILES string of the molecule is CN1CN(c2cccc(Oc3ccc4c5ccc6oc7ccccc7c6c5n(-c5ccccn5)c4c3)c2)c2ccccc21. The molecule has 4 heterocycles. The Morgan fingerprint density at radius 3 is 2.40 bits per heavy atom. The van der Waals surface area contributed by atoms with Crippen LogP contribution in [0, 0.1) is 0 Å². The number of furan rings is 1. The van der Waals surface area contributed by atoms with Crippen molar-refractivity contribution in [3.8, 4) is 17.3 Å². The predicted molar refractivity (Wildman–Crippen MR) is 174 cm³/mol. The number of nitrogens with zero attached hydrogens (tertiary/aromatic N) is 4. The van der Waals surface area contributed by atoms with Crippen LogP contribution in [0.5, 0.6) is 11.5 Å². The molecule has 0 unspecified atom stereocenters. The molecule has 9 rings (SSSR count). The molecule has 0 saturated carbocycles. The summed E-state index contributed by atoms with van der Waals surface area (Å²) in [4.78, 5) is 9.34. The Labute approximate surface area is 247 Å². The molecular weight excluding hydrogens is 532 g/mol. The fraction of sp³-hybridized carbons (Fsp3) is 0.0541. The van der Waals surface area contributed by atoms with E-state index in [4.69, 9.17) is 14.1 Å². The van der Waals surface area contributed by atoms with Crippen molar-refractivity contribution < 1.29 is 9.15 Å². The summed E-state index contributed by atoms with van der Waals surface area (Å²) in [6, 6.07) is 41.5. The molecule has 6 heteroatoms. The first-order valence-electron chi connectivity index (χ1n) is 14.4. The van der Waals surface area contributed by atoms with Crippen LogP contribution in [0.1, 0.15) is 0 Å². The van der Waals surface area contributed by atoms with Gasteiger partial charge in [0.2, 0.25) is 0 Å². The number of hydrogen-bond acceptors (Lipinski definition) is 5. The number of pyridine rings is 1. The number of anilines is 3. The van der Waals surface area contributed by atoms with Crippen molar-refractivity contribution >= 4 is 60.8 Å². The van der Waals surface area contributed by atoms with Crippen molar-refractivity contribution in [2.75, 3.05) is 23.5 Å². The molecule has 206 valence electrons. The van der Waals surface area contributed by atoms with Crippen molar-refractivity contribution in [2.24, 2.45) is 0 Å². The van der Waals surface area contributed by atoms with E-state index >= 15 is 0 Å². The number of ether oxygens (including phenoxy) is 1. The lowest BCUT2D eigenvalue weighted by atomic mass is 10.1. The van der Waals surface area contributed by atoms with Crippen LogP contribution in [0.3, 0.4) is 0 Å². The Morgan fingerprint density at radius 2 is 1.49 bits per heavy atom. The minimum atomic E-state index is 0.761. The van der Waals surface area contributed by atoms with Gasteiger partial charge in [0.25, 0.3) is 0 Å². The van der Waals surface area contributed by atoms with E-state index in [9.17, 15) is 0 Å². The third-order valence-electron chi connectivity index (χ3n) is 8.42. The van der Waals surface area contributed by atoms with Gasteiger partial charge in [0.1, 0.15) is 28.5 Å². The molecule has 0 aliphatic carbocycles. The third kappa shape index (κ3) is 3.63. The van der Waals surface area contributed by atoms with Gasteiger partial charge >= 0.3 is 0 Å². The minimum absolute atomic E-state index is 0.761. The molecule has 1 aliphatic rings. The topological polar surface area (TPSA) is 46.7 Å². The maximum Gasteiger partial charge on any atom is 0.137 e. The van der Waals surface area contributed by atoms with Gasteiger partial charge in [-0.25, -0.2) is 4.98 Å². The van der Waals surface area contributed by atoms with Gasteiger partial charge in [0.15, 0.2) is 0 Å². The zero-order chi connectivity index (χ0) is 28.5. The molecule has 5 aromatic carbocycles. The fourth-order valence-electron chi connectivity index (χ4n) is 6.53. The highest BCUT2D eigenvalue weighted by atomic mass is 16.5. The number of hydrogen-bond donors (Lipinski definition) is 0. The first kappa shape index (κ1) is 23.9. The summed E-state index contributed by atoms with van der Waals surface area (Å²) in [6.07, 6.45) is 1.83. The summed E-state index contributed by atoms with van der Waals surface area (Å²) in [5.74, 6) is 2.39. The van der Waals surface area contributed by atoms with Crippen molar-refractivity contribution in [1.82, 2.24) is 9.55 Å². The number of para-hydroxylation sites is 3. The Bertz CT molecular complexity index is 2340. The molecule has 0 atom stereocenters. The van der Waals surface area contributed by atoms with E-state index in [1.54, 1.807) is 0 Å². The first-order chi connectivity index (χ1) is 21.2. The van der Waals surface area contributed by atoms with E-state index in [-0.39, 0.29) is 0 Å². The van der Waals surface area contributed by atoms with Gasteiger partial charge < -0.3 is 19.0 Å². The van der Waals surface area contributed by atoms with Crippen LogP contribution in [0.15, 0.2) is 132 Å². The number of fused-ring (bicyclic) bond motifs is 8. The Hall–Kier alpha value is -5.75. The van der Waals surface area contributed by atoms with Crippen molar-refractivity contribution in [1.29, 1.82) is 0 Å². The Morgan fingerprint density at radius 1 is 0.674 bits per heavy atom. The van der Waals surface area contributed by atoms with Gasteiger partial charge in [0.05, 0.1) is 34.5 Å². The molecule has 43 heavy (non-hydrogen) atoms. The van der Waals surface area contributed by atoms with Crippen LogP contribution in [-0.2, 0) is 0 Å². The van der Waals surface area contributed by atoms with Crippen LogP contribution in [0.25, 0.3) is 49.6 Å². The highest BCUT2D eigenvalue weighted by Crippen LogP contribution is 2.43. The van der Waals surface area contributed by atoms with Crippen LogP contribution < -0.4 is 14.5 Å². The highest BCUT2D eigenvalue weighted by Gasteiger charge is 2.24. The second-order valence-corrected chi connectivity index (χ2v) is 11.0. The second-order valence-electron chi connectivity index (χ2n) is 11.0. The molecule has 8 aromatic rings. The lowest BCUT2D eigenvalue weighted by Crippen LogP contribution is -2.23. The average Bonchev–Trinajstić information content (AvgIpc) is 3.70. The number of benzene rings is 5. The quantitative estimate of drug-likeness (QED) is 0.215. The molecule has 3 aromatic heterocycles. The first-order valence-corrected chi connectivity index (χ1v) is 14.4. The minimum Gasteiger partial charge on any atom is -0.457 e. The number of aromatic nitrogens is 2. The second kappa shape index (κ2) is 9.13. The molecular formula is C37H26N4O2. The van der Waals surface area contributed by atoms with Crippen molar-refractivity contribution in [3.63, 3.8) is 0 Å². The smallest absolute Gasteiger partial charge is 0.137 e. The summed E-state index contributed by atoms with van der Waals surface area (Å²) >= 11 is 0. The van der Waals surface area contributed by atoms with Crippen molar-refractivity contribution in [2.45, 2.75) is 0 Å². The molecule has 0 saturated heterocycles. The summed E-state index contributed by atoms with van der Waals surface area (Å²) < 4.78 is 15.0. The van der Waals surface area contributed by atoms with E-state index in [1.165, 1.54) is 11.4 Å². The average molecular weight is 559 g/mol. The van der Waals surface area contributed by atoms with Gasteiger partial charge in [-0.15, -0.1) is 0 Å².